The minimum absolute atomic E-state index is 0.157. The molecule has 2 heterocycles. The molecule has 1 aliphatic heterocycles. The lowest BCUT2D eigenvalue weighted by molar-refractivity contribution is -0.118. The summed E-state index contributed by atoms with van der Waals surface area (Å²) in [5.74, 6) is 0.207. The van der Waals surface area contributed by atoms with Crippen LogP contribution in [-0.4, -0.2) is 54.1 Å². The molecule has 1 saturated heterocycles. The lowest BCUT2D eigenvalue weighted by Gasteiger charge is -2.11. The molecule has 0 radical (unpaired) electrons. The topological polar surface area (TPSA) is 116 Å². The van der Waals surface area contributed by atoms with E-state index >= 15 is 0 Å². The van der Waals surface area contributed by atoms with Gasteiger partial charge in [0.25, 0.3) is 5.91 Å². The predicted molar refractivity (Wildman–Crippen MR) is 147 cm³/mol. The van der Waals surface area contributed by atoms with Crippen molar-refractivity contribution in [2.24, 2.45) is 10.7 Å². The zero-order valence-corrected chi connectivity index (χ0v) is 20.9. The number of aromatic amines is 1. The lowest BCUT2D eigenvalue weighted by Crippen LogP contribution is -2.26. The van der Waals surface area contributed by atoms with E-state index in [-0.39, 0.29) is 11.6 Å². The Hall–Kier alpha value is -4.17. The Kier molecular flexibility index (Phi) is 9.59. The molecule has 8 heteroatoms. The summed E-state index contributed by atoms with van der Waals surface area (Å²) in [5.41, 5.74) is 9.96. The van der Waals surface area contributed by atoms with Crippen molar-refractivity contribution < 1.29 is 9.59 Å². The first-order valence-electron chi connectivity index (χ1n) is 11.9. The number of hydrogen-bond acceptors (Lipinski definition) is 5. The van der Waals surface area contributed by atoms with Gasteiger partial charge in [-0.3, -0.25) is 9.59 Å². The standard InChI is InChI=1S/C22H22N4O.C6H12N2O/c1-4-18(16-11-9-14(2)10-12-16)25-21(15(3)23)22(27)26-20-13-17-7-5-6-8-19(17)24-20;9-6-8-4-1-2-7-3-5-8/h4-13,24H,1,23H2,2-3H3,(H,26,27);6-7H,1-5H2/b21-15+,25-18?;. The van der Waals surface area contributed by atoms with Crippen molar-refractivity contribution in [3.63, 3.8) is 0 Å². The molecule has 4 rings (SSSR count). The summed E-state index contributed by atoms with van der Waals surface area (Å²) < 4.78 is 0. The van der Waals surface area contributed by atoms with Crippen LogP contribution in [0.1, 0.15) is 24.5 Å². The predicted octanol–water partition coefficient (Wildman–Crippen LogP) is 3.72. The quantitative estimate of drug-likeness (QED) is 0.241. The molecule has 1 fully saturated rings. The van der Waals surface area contributed by atoms with Crippen molar-refractivity contribution in [1.29, 1.82) is 0 Å². The summed E-state index contributed by atoms with van der Waals surface area (Å²) >= 11 is 0. The van der Waals surface area contributed by atoms with E-state index < -0.39 is 0 Å². The Morgan fingerprint density at radius 2 is 1.89 bits per heavy atom. The van der Waals surface area contributed by atoms with Crippen LogP contribution in [0.2, 0.25) is 0 Å². The van der Waals surface area contributed by atoms with Crippen molar-refractivity contribution in [3.8, 4) is 0 Å². The molecule has 1 aromatic heterocycles. The Morgan fingerprint density at radius 3 is 2.56 bits per heavy atom. The molecule has 0 aliphatic carbocycles. The van der Waals surface area contributed by atoms with E-state index in [1.165, 1.54) is 0 Å². The molecule has 8 nitrogen and oxygen atoms in total. The van der Waals surface area contributed by atoms with Gasteiger partial charge < -0.3 is 26.3 Å². The average molecular weight is 487 g/mol. The minimum Gasteiger partial charge on any atom is -0.400 e. The first-order valence-corrected chi connectivity index (χ1v) is 11.9. The molecule has 0 saturated carbocycles. The lowest BCUT2D eigenvalue weighted by atomic mass is 10.1. The monoisotopic (exact) mass is 486 g/mol. The molecule has 0 bridgehead atoms. The number of para-hydroxylation sites is 1. The van der Waals surface area contributed by atoms with Crippen LogP contribution >= 0.6 is 0 Å². The fourth-order valence-electron chi connectivity index (χ4n) is 3.69. The highest BCUT2D eigenvalue weighted by atomic mass is 16.2. The zero-order valence-electron chi connectivity index (χ0n) is 20.9. The van der Waals surface area contributed by atoms with Crippen molar-refractivity contribution in [2.75, 3.05) is 31.5 Å². The van der Waals surface area contributed by atoms with Crippen molar-refractivity contribution in [1.82, 2.24) is 15.2 Å². The number of anilines is 1. The number of aryl methyl sites for hydroxylation is 1. The highest BCUT2D eigenvalue weighted by Gasteiger charge is 2.14. The highest BCUT2D eigenvalue weighted by molar-refractivity contribution is 6.13. The van der Waals surface area contributed by atoms with E-state index in [1.54, 1.807) is 17.9 Å². The van der Waals surface area contributed by atoms with Crippen LogP contribution in [-0.2, 0) is 9.59 Å². The summed E-state index contributed by atoms with van der Waals surface area (Å²) in [5, 5.41) is 7.05. The number of amides is 2. The summed E-state index contributed by atoms with van der Waals surface area (Å²) in [4.78, 5) is 32.4. The van der Waals surface area contributed by atoms with Gasteiger partial charge in [-0.2, -0.15) is 0 Å². The van der Waals surface area contributed by atoms with Gasteiger partial charge in [-0.1, -0.05) is 54.6 Å². The van der Waals surface area contributed by atoms with Crippen molar-refractivity contribution in [3.05, 3.63) is 89.8 Å². The molecule has 2 aromatic carbocycles. The average Bonchev–Trinajstić information content (AvgIpc) is 3.09. The van der Waals surface area contributed by atoms with Gasteiger partial charge in [0.1, 0.15) is 11.5 Å². The van der Waals surface area contributed by atoms with Gasteiger partial charge >= 0.3 is 0 Å². The molecule has 188 valence electrons. The maximum absolute atomic E-state index is 12.8. The Balaban J connectivity index is 0.000000338. The number of aromatic nitrogens is 1. The van der Waals surface area contributed by atoms with Gasteiger partial charge in [0.2, 0.25) is 6.41 Å². The second kappa shape index (κ2) is 13.1. The van der Waals surface area contributed by atoms with E-state index in [0.29, 0.717) is 17.2 Å². The number of fused-ring (bicyclic) bond motifs is 1. The number of rotatable bonds is 6. The number of hydrogen-bond donors (Lipinski definition) is 4. The first kappa shape index (κ1) is 26.4. The second-order valence-corrected chi connectivity index (χ2v) is 8.57. The van der Waals surface area contributed by atoms with E-state index in [1.807, 2.05) is 61.5 Å². The van der Waals surface area contributed by atoms with Crippen molar-refractivity contribution in [2.45, 2.75) is 20.3 Å². The van der Waals surface area contributed by atoms with Crippen LogP contribution in [0.3, 0.4) is 0 Å². The first-order chi connectivity index (χ1) is 17.4. The number of nitrogens with two attached hydrogens (primary N) is 1. The number of nitrogens with zero attached hydrogens (tertiary/aromatic N) is 2. The van der Waals surface area contributed by atoms with E-state index in [9.17, 15) is 9.59 Å². The highest BCUT2D eigenvalue weighted by Crippen LogP contribution is 2.19. The van der Waals surface area contributed by atoms with Crippen LogP contribution in [0.25, 0.3) is 10.9 Å². The maximum atomic E-state index is 12.8. The number of allylic oxidation sites excluding steroid dienone is 2. The Morgan fingerprint density at radius 1 is 1.14 bits per heavy atom. The molecular formula is C28H34N6O2. The molecule has 5 N–H and O–H groups in total. The van der Waals surface area contributed by atoms with Crippen LogP contribution in [0.4, 0.5) is 5.82 Å². The van der Waals surface area contributed by atoms with Gasteiger partial charge in [-0.15, -0.1) is 0 Å². The third-order valence-corrected chi connectivity index (χ3v) is 5.66. The van der Waals surface area contributed by atoms with Crippen LogP contribution in [0, 0.1) is 6.92 Å². The Bertz CT molecular complexity index is 1210. The molecular weight excluding hydrogens is 452 g/mol. The van der Waals surface area contributed by atoms with E-state index in [0.717, 1.165) is 61.0 Å². The largest absolute Gasteiger partial charge is 0.400 e. The smallest absolute Gasteiger partial charge is 0.277 e. The molecule has 2 amide bonds. The summed E-state index contributed by atoms with van der Waals surface area (Å²) in [7, 11) is 0. The molecule has 0 atom stereocenters. The molecule has 36 heavy (non-hydrogen) atoms. The summed E-state index contributed by atoms with van der Waals surface area (Å²) in [6.45, 7) is 11.2. The van der Waals surface area contributed by atoms with Gasteiger partial charge in [-0.25, -0.2) is 4.99 Å². The summed E-state index contributed by atoms with van der Waals surface area (Å²) in [6.07, 6.45) is 3.62. The molecule has 0 spiro atoms. The fourth-order valence-corrected chi connectivity index (χ4v) is 3.69. The molecule has 0 unspecified atom stereocenters. The van der Waals surface area contributed by atoms with E-state index in [4.69, 9.17) is 5.73 Å². The van der Waals surface area contributed by atoms with E-state index in [2.05, 4.69) is 27.2 Å². The van der Waals surface area contributed by atoms with Crippen LogP contribution in [0.5, 0.6) is 0 Å². The Labute approximate surface area is 212 Å². The zero-order chi connectivity index (χ0) is 25.9. The third-order valence-electron chi connectivity index (χ3n) is 5.66. The number of carbonyl (C=O) groups excluding carboxylic acids is 2. The fraction of sp³-hybridized carbons (Fsp3) is 0.250. The summed E-state index contributed by atoms with van der Waals surface area (Å²) in [6, 6.07) is 17.5. The third kappa shape index (κ3) is 7.41. The molecule has 3 aromatic rings. The van der Waals surface area contributed by atoms with Crippen molar-refractivity contribution >= 4 is 34.7 Å². The normalized spacial score (nSPS) is 14.7. The SMILES string of the molecule is C=CC(=N/C(C(=O)Nc1cc2ccccc2[nH]1)=C(\C)N)c1ccc(C)cc1.O=CN1CCCNCC1. The van der Waals surface area contributed by atoms with Gasteiger partial charge in [0.05, 0.1) is 5.71 Å². The maximum Gasteiger partial charge on any atom is 0.277 e. The van der Waals surface area contributed by atoms with Gasteiger partial charge in [0.15, 0.2) is 0 Å². The number of H-pyrrole nitrogens is 1. The van der Waals surface area contributed by atoms with Gasteiger partial charge in [-0.05, 0) is 45.0 Å². The number of aliphatic imine (C=N–C) groups is 1. The van der Waals surface area contributed by atoms with Crippen LogP contribution in [0.15, 0.2) is 83.6 Å². The van der Waals surface area contributed by atoms with Gasteiger partial charge in [0, 0.05) is 41.8 Å². The number of carbonyl (C=O) groups is 2. The number of nitrogens with one attached hydrogen (secondary N) is 3. The number of benzene rings is 2. The minimum atomic E-state index is -0.381. The van der Waals surface area contributed by atoms with Crippen LogP contribution < -0.4 is 16.4 Å². The molecule has 1 aliphatic rings. The second-order valence-electron chi connectivity index (χ2n) is 8.57.